The van der Waals surface area contributed by atoms with Crippen LogP contribution in [0.25, 0.3) is 0 Å². The van der Waals surface area contributed by atoms with Gasteiger partial charge in [0, 0.05) is 0 Å². The van der Waals surface area contributed by atoms with Crippen LogP contribution in [-0.2, 0) is 0 Å². The zero-order valence-corrected chi connectivity index (χ0v) is 5.99. The molecule has 0 fully saturated rings. The lowest BCUT2D eigenvalue weighted by Gasteiger charge is -1.90. The van der Waals surface area contributed by atoms with Crippen LogP contribution in [0.3, 0.4) is 0 Å². The van der Waals surface area contributed by atoms with Gasteiger partial charge >= 0.3 is 0 Å². The topological polar surface area (TPSA) is 107 Å². The Morgan fingerprint density at radius 3 is 1.67 bits per heavy atom. The van der Waals surface area contributed by atoms with Crippen molar-refractivity contribution in [2.45, 2.75) is 13.0 Å². The molecule has 1 atom stereocenters. The van der Waals surface area contributed by atoms with E-state index >= 15 is 0 Å². The van der Waals surface area contributed by atoms with Crippen LogP contribution in [0, 0.1) is 0 Å². The first-order chi connectivity index (χ1) is 4.00. The standard InChI is InChI=1S/C3H8O2.H4NO2P/c1-3(5)2-4;1-4(2)3/h3-5H,2H2,1H3;2-3H,1H2. The Morgan fingerprint density at radius 1 is 1.56 bits per heavy atom. The van der Waals surface area contributed by atoms with Crippen LogP contribution < -0.4 is 5.50 Å². The van der Waals surface area contributed by atoms with Crippen molar-refractivity contribution in [3.05, 3.63) is 0 Å². The molecule has 0 bridgehead atoms. The molecule has 6 N–H and O–H groups in total. The highest BCUT2D eigenvalue weighted by Gasteiger charge is 1.83. The minimum atomic E-state index is -2.12. The van der Waals surface area contributed by atoms with Crippen molar-refractivity contribution in [2.24, 2.45) is 5.50 Å². The Kier molecular flexibility index (Phi) is 10.9. The van der Waals surface area contributed by atoms with Gasteiger partial charge in [0.05, 0.1) is 12.7 Å². The monoisotopic (exact) mass is 157 g/mol. The maximum atomic E-state index is 8.11. The van der Waals surface area contributed by atoms with Crippen molar-refractivity contribution in [1.82, 2.24) is 0 Å². The Labute approximate surface area is 54.7 Å². The molecule has 58 valence electrons. The predicted octanol–water partition coefficient (Wildman–Crippen LogP) is -1.48. The fourth-order valence-corrected chi connectivity index (χ4v) is 0. The molecule has 0 aromatic heterocycles. The highest BCUT2D eigenvalue weighted by molar-refractivity contribution is 7.42. The average Bonchev–Trinajstić information content (AvgIpc) is 1.65. The summed E-state index contributed by atoms with van der Waals surface area (Å²) in [7, 11) is -2.12. The Hall–Kier alpha value is 0.230. The molecular formula is C3H12NO4P. The normalized spacial score (nSPS) is 12.3. The van der Waals surface area contributed by atoms with Gasteiger partial charge in [0.25, 0.3) is 0 Å². The van der Waals surface area contributed by atoms with Gasteiger partial charge in [-0.2, -0.15) is 0 Å². The summed E-state index contributed by atoms with van der Waals surface area (Å²) in [5.41, 5.74) is 4.29. The summed E-state index contributed by atoms with van der Waals surface area (Å²) in [4.78, 5) is 14.9. The lowest BCUT2D eigenvalue weighted by atomic mass is 10.5. The molecule has 0 saturated heterocycles. The lowest BCUT2D eigenvalue weighted by molar-refractivity contribution is 0.110. The molecule has 0 aliphatic carbocycles. The molecule has 0 saturated carbocycles. The summed E-state index contributed by atoms with van der Waals surface area (Å²) in [6.45, 7) is 1.39. The molecule has 0 aliphatic heterocycles. The van der Waals surface area contributed by atoms with Gasteiger partial charge in [-0.25, -0.2) is 0 Å². The molecule has 0 aromatic rings. The smallest absolute Gasteiger partial charge is 0.247 e. The van der Waals surface area contributed by atoms with Crippen LogP contribution >= 0.6 is 8.53 Å². The Balaban J connectivity index is 0. The third kappa shape index (κ3) is 64.2. The lowest BCUT2D eigenvalue weighted by Crippen LogP contribution is -2.03. The first-order valence-corrected chi connectivity index (χ1v) is 3.53. The second-order valence-electron chi connectivity index (χ2n) is 1.35. The van der Waals surface area contributed by atoms with Crippen LogP contribution in [-0.4, -0.2) is 32.7 Å². The number of rotatable bonds is 1. The van der Waals surface area contributed by atoms with E-state index in [-0.39, 0.29) is 6.61 Å². The summed E-state index contributed by atoms with van der Waals surface area (Å²) < 4.78 is 0. The molecule has 5 nitrogen and oxygen atoms in total. The van der Waals surface area contributed by atoms with Crippen molar-refractivity contribution < 1.29 is 20.0 Å². The second-order valence-corrected chi connectivity index (χ2v) is 1.99. The van der Waals surface area contributed by atoms with E-state index in [0.29, 0.717) is 0 Å². The highest BCUT2D eigenvalue weighted by Crippen LogP contribution is 2.05. The minimum Gasteiger partial charge on any atom is -0.394 e. The Bertz CT molecular complexity index is 48.3. The zero-order chi connectivity index (χ0) is 7.86. The largest absolute Gasteiger partial charge is 0.394 e. The number of hydrogen-bond donors (Lipinski definition) is 5. The third-order valence-corrected chi connectivity index (χ3v) is 0.264. The Morgan fingerprint density at radius 2 is 1.67 bits per heavy atom. The van der Waals surface area contributed by atoms with Gasteiger partial charge in [-0.3, -0.25) is 5.50 Å². The number of aliphatic hydroxyl groups excluding tert-OH is 2. The number of aliphatic hydroxyl groups is 2. The van der Waals surface area contributed by atoms with Crippen molar-refractivity contribution in [1.29, 1.82) is 0 Å². The molecule has 0 spiro atoms. The van der Waals surface area contributed by atoms with E-state index in [2.05, 4.69) is 5.50 Å². The van der Waals surface area contributed by atoms with Gasteiger partial charge in [-0.05, 0) is 6.92 Å². The van der Waals surface area contributed by atoms with Gasteiger partial charge in [0.2, 0.25) is 8.53 Å². The number of hydrogen-bond acceptors (Lipinski definition) is 5. The van der Waals surface area contributed by atoms with Gasteiger partial charge in [-0.15, -0.1) is 0 Å². The van der Waals surface area contributed by atoms with E-state index in [1.165, 1.54) is 6.92 Å². The van der Waals surface area contributed by atoms with E-state index < -0.39 is 14.6 Å². The quantitative estimate of drug-likeness (QED) is 0.298. The van der Waals surface area contributed by atoms with E-state index in [4.69, 9.17) is 20.0 Å². The SMILES string of the molecule is CC(O)CO.NP(O)O. The molecule has 0 aliphatic rings. The van der Waals surface area contributed by atoms with Gasteiger partial charge in [0.1, 0.15) is 0 Å². The van der Waals surface area contributed by atoms with Crippen molar-refractivity contribution in [3.8, 4) is 0 Å². The molecule has 0 radical (unpaired) electrons. The first kappa shape index (κ1) is 12.0. The molecule has 9 heavy (non-hydrogen) atoms. The van der Waals surface area contributed by atoms with Gasteiger partial charge < -0.3 is 20.0 Å². The van der Waals surface area contributed by atoms with E-state index in [1.54, 1.807) is 0 Å². The summed E-state index contributed by atoms with van der Waals surface area (Å²) in [6, 6.07) is 0. The zero-order valence-electron chi connectivity index (χ0n) is 5.10. The maximum Gasteiger partial charge on any atom is 0.247 e. The molecular weight excluding hydrogens is 145 g/mol. The molecule has 0 rings (SSSR count). The molecule has 0 amide bonds. The molecule has 6 heteroatoms. The van der Waals surface area contributed by atoms with Gasteiger partial charge in [-0.1, -0.05) is 0 Å². The summed E-state index contributed by atoms with van der Waals surface area (Å²) >= 11 is 0. The second kappa shape index (κ2) is 8.23. The fraction of sp³-hybridized carbons (Fsp3) is 1.00. The first-order valence-electron chi connectivity index (χ1n) is 2.22. The van der Waals surface area contributed by atoms with Crippen LogP contribution in [0.15, 0.2) is 0 Å². The third-order valence-electron chi connectivity index (χ3n) is 0.264. The summed E-state index contributed by atoms with van der Waals surface area (Å²) in [5, 5.41) is 16.0. The van der Waals surface area contributed by atoms with E-state index in [1.807, 2.05) is 0 Å². The van der Waals surface area contributed by atoms with Crippen LogP contribution in [0.1, 0.15) is 6.92 Å². The maximum absolute atomic E-state index is 8.11. The van der Waals surface area contributed by atoms with Crippen LogP contribution in [0.2, 0.25) is 0 Å². The van der Waals surface area contributed by atoms with Gasteiger partial charge in [0.15, 0.2) is 0 Å². The summed E-state index contributed by atoms with van der Waals surface area (Å²) in [5.74, 6) is 0. The summed E-state index contributed by atoms with van der Waals surface area (Å²) in [6.07, 6.45) is -0.560. The fourth-order valence-electron chi connectivity index (χ4n) is 0. The van der Waals surface area contributed by atoms with Crippen LogP contribution in [0.4, 0.5) is 0 Å². The number of nitrogens with two attached hydrogens (primary N) is 1. The minimum absolute atomic E-state index is 0.139. The molecule has 0 aromatic carbocycles. The van der Waals surface area contributed by atoms with E-state index in [9.17, 15) is 0 Å². The predicted molar refractivity (Wildman–Crippen MR) is 34.3 cm³/mol. The average molecular weight is 157 g/mol. The van der Waals surface area contributed by atoms with Crippen molar-refractivity contribution in [3.63, 3.8) is 0 Å². The van der Waals surface area contributed by atoms with Crippen LogP contribution in [0.5, 0.6) is 0 Å². The molecule has 0 heterocycles. The molecule has 1 unspecified atom stereocenters. The van der Waals surface area contributed by atoms with Crippen molar-refractivity contribution >= 4 is 8.53 Å². The highest BCUT2D eigenvalue weighted by atomic mass is 31.2. The van der Waals surface area contributed by atoms with Crippen molar-refractivity contribution in [2.75, 3.05) is 6.61 Å². The van der Waals surface area contributed by atoms with E-state index in [0.717, 1.165) is 0 Å².